The Morgan fingerprint density at radius 2 is 1.86 bits per heavy atom. The summed E-state index contributed by atoms with van der Waals surface area (Å²) >= 11 is 1.53. The van der Waals surface area contributed by atoms with Crippen LogP contribution < -0.4 is 14.8 Å². The van der Waals surface area contributed by atoms with Crippen LogP contribution in [0.3, 0.4) is 0 Å². The zero-order valence-corrected chi connectivity index (χ0v) is 19.8. The number of para-hydroxylation sites is 2. The van der Waals surface area contributed by atoms with E-state index in [1.54, 1.807) is 11.8 Å². The number of hydrogen-bond acceptors (Lipinski definition) is 6. The number of methoxy groups -OCH3 is 1. The lowest BCUT2D eigenvalue weighted by atomic mass is 9.86. The van der Waals surface area contributed by atoms with E-state index in [0.717, 1.165) is 26.9 Å². The maximum Gasteiger partial charge on any atom is 0.226 e. The first-order chi connectivity index (χ1) is 17.2. The van der Waals surface area contributed by atoms with Crippen LogP contribution in [-0.4, -0.2) is 27.8 Å². The number of carbonyl (C=O) groups is 1. The van der Waals surface area contributed by atoms with Gasteiger partial charge < -0.3 is 14.8 Å². The molecule has 5 aromatic rings. The van der Waals surface area contributed by atoms with Gasteiger partial charge in [-0.2, -0.15) is 9.78 Å². The Morgan fingerprint density at radius 1 is 1.03 bits per heavy atom. The molecular weight excluding hydrogens is 460 g/mol. The number of thiazole rings is 1. The lowest BCUT2D eigenvalue weighted by Crippen LogP contribution is -2.25. The monoisotopic (exact) mass is 482 g/mol. The average molecular weight is 483 g/mol. The van der Waals surface area contributed by atoms with Crippen molar-refractivity contribution in [3.05, 3.63) is 95.7 Å². The molecule has 0 saturated heterocycles. The van der Waals surface area contributed by atoms with E-state index in [9.17, 15) is 4.79 Å². The minimum absolute atomic E-state index is 0.0813. The average Bonchev–Trinajstić information content (AvgIpc) is 3.51. The Labute approximate surface area is 206 Å². The molecule has 1 atom stereocenters. The lowest BCUT2D eigenvalue weighted by molar-refractivity contribution is -0.116. The Hall–Kier alpha value is -4.17. The number of nitrogens with zero attached hydrogens (tertiary/aromatic N) is 3. The molecule has 6 rings (SSSR count). The quantitative estimate of drug-likeness (QED) is 0.344. The Bertz CT molecular complexity index is 1490. The van der Waals surface area contributed by atoms with E-state index in [0.29, 0.717) is 29.1 Å². The molecular formula is C27H22N4O3S. The SMILES string of the molecule is COc1cccc([C@@H]2CC(=O)Nc3c2cnn3-c2nc3ccccc3s2)c1OCc1ccccc1. The molecule has 8 heteroatoms. The molecule has 1 aliphatic rings. The summed E-state index contributed by atoms with van der Waals surface area (Å²) in [6.07, 6.45) is 2.10. The molecule has 2 aromatic heterocycles. The minimum Gasteiger partial charge on any atom is -0.493 e. The summed E-state index contributed by atoms with van der Waals surface area (Å²) in [5.74, 6) is 1.59. The highest BCUT2D eigenvalue weighted by Crippen LogP contribution is 2.45. The number of benzene rings is 3. The van der Waals surface area contributed by atoms with Crippen molar-refractivity contribution in [1.29, 1.82) is 0 Å². The second-order valence-corrected chi connectivity index (χ2v) is 9.29. The van der Waals surface area contributed by atoms with Crippen molar-refractivity contribution < 1.29 is 14.3 Å². The van der Waals surface area contributed by atoms with Crippen LogP contribution in [0.5, 0.6) is 11.5 Å². The van der Waals surface area contributed by atoms with Crippen LogP contribution in [0.15, 0.2) is 79.0 Å². The van der Waals surface area contributed by atoms with Crippen molar-refractivity contribution in [2.45, 2.75) is 18.9 Å². The zero-order valence-electron chi connectivity index (χ0n) is 19.0. The van der Waals surface area contributed by atoms with Gasteiger partial charge in [-0.05, 0) is 23.8 Å². The minimum atomic E-state index is -0.234. The number of amides is 1. The van der Waals surface area contributed by atoms with E-state index in [2.05, 4.69) is 10.4 Å². The number of aromatic nitrogens is 3. The van der Waals surface area contributed by atoms with Gasteiger partial charge in [-0.25, -0.2) is 4.98 Å². The lowest BCUT2D eigenvalue weighted by Gasteiger charge is -2.26. The predicted octanol–water partition coefficient (Wildman–Crippen LogP) is 5.54. The van der Waals surface area contributed by atoms with Crippen LogP contribution in [-0.2, 0) is 11.4 Å². The number of anilines is 1. The molecule has 1 amide bonds. The normalized spacial score (nSPS) is 15.0. The largest absolute Gasteiger partial charge is 0.493 e. The van der Waals surface area contributed by atoms with E-state index >= 15 is 0 Å². The molecule has 174 valence electrons. The van der Waals surface area contributed by atoms with Gasteiger partial charge in [0.2, 0.25) is 11.0 Å². The van der Waals surface area contributed by atoms with Crippen LogP contribution in [0, 0.1) is 0 Å². The van der Waals surface area contributed by atoms with Gasteiger partial charge in [0, 0.05) is 23.5 Å². The van der Waals surface area contributed by atoms with Crippen LogP contribution in [0.1, 0.15) is 29.0 Å². The second-order valence-electron chi connectivity index (χ2n) is 8.28. The molecule has 1 aliphatic heterocycles. The first-order valence-electron chi connectivity index (χ1n) is 11.3. The summed E-state index contributed by atoms with van der Waals surface area (Å²) in [6, 6.07) is 23.7. The van der Waals surface area contributed by atoms with Crippen molar-refractivity contribution in [2.75, 3.05) is 12.4 Å². The molecule has 35 heavy (non-hydrogen) atoms. The fourth-order valence-electron chi connectivity index (χ4n) is 4.44. The molecule has 0 bridgehead atoms. The third kappa shape index (κ3) is 3.91. The van der Waals surface area contributed by atoms with Crippen LogP contribution in [0.2, 0.25) is 0 Å². The zero-order chi connectivity index (χ0) is 23.8. The van der Waals surface area contributed by atoms with Crippen molar-refractivity contribution in [1.82, 2.24) is 14.8 Å². The molecule has 0 spiro atoms. The van der Waals surface area contributed by atoms with Crippen molar-refractivity contribution in [2.24, 2.45) is 0 Å². The van der Waals surface area contributed by atoms with Gasteiger partial charge in [0.05, 0.1) is 23.5 Å². The Balaban J connectivity index is 1.41. The van der Waals surface area contributed by atoms with Gasteiger partial charge in [-0.3, -0.25) is 4.79 Å². The summed E-state index contributed by atoms with van der Waals surface area (Å²) in [6.45, 7) is 0.394. The number of fused-ring (bicyclic) bond motifs is 2. The molecule has 3 aromatic carbocycles. The van der Waals surface area contributed by atoms with E-state index in [1.807, 2.05) is 79.0 Å². The van der Waals surface area contributed by atoms with E-state index in [1.165, 1.54) is 11.3 Å². The summed E-state index contributed by atoms with van der Waals surface area (Å²) in [5, 5.41) is 8.34. The fraction of sp³-hybridized carbons (Fsp3) is 0.148. The highest BCUT2D eigenvalue weighted by molar-refractivity contribution is 7.20. The van der Waals surface area contributed by atoms with Crippen molar-refractivity contribution in [3.63, 3.8) is 0 Å². The van der Waals surface area contributed by atoms with E-state index in [4.69, 9.17) is 14.5 Å². The van der Waals surface area contributed by atoms with Crippen molar-refractivity contribution in [3.8, 4) is 16.6 Å². The maximum atomic E-state index is 12.9. The molecule has 1 N–H and O–H groups in total. The van der Waals surface area contributed by atoms with Crippen LogP contribution in [0.4, 0.5) is 5.82 Å². The Morgan fingerprint density at radius 3 is 2.69 bits per heavy atom. The topological polar surface area (TPSA) is 78.3 Å². The first-order valence-corrected chi connectivity index (χ1v) is 12.1. The second kappa shape index (κ2) is 8.88. The van der Waals surface area contributed by atoms with Gasteiger partial charge in [-0.15, -0.1) is 0 Å². The van der Waals surface area contributed by atoms with Crippen molar-refractivity contribution >= 4 is 33.3 Å². The molecule has 7 nitrogen and oxygen atoms in total. The standard InChI is InChI=1S/C27H22N4O3S/c1-33-22-12-7-10-18(25(22)34-16-17-8-3-2-4-9-17)19-14-24(32)30-26-20(19)15-28-31(26)27-29-21-11-5-6-13-23(21)35-27/h2-13,15,19H,14,16H2,1H3,(H,30,32)/t19-/m0/s1. The van der Waals surface area contributed by atoms with Gasteiger partial charge in [-0.1, -0.05) is 65.9 Å². The summed E-state index contributed by atoms with van der Waals surface area (Å²) in [5.41, 5.74) is 3.76. The number of ether oxygens (including phenoxy) is 2. The summed E-state index contributed by atoms with van der Waals surface area (Å²) < 4.78 is 14.7. The molecule has 0 unspecified atom stereocenters. The molecule has 3 heterocycles. The van der Waals surface area contributed by atoms with E-state index in [-0.39, 0.29) is 18.2 Å². The molecule has 0 radical (unpaired) electrons. The summed E-state index contributed by atoms with van der Waals surface area (Å²) in [7, 11) is 1.62. The summed E-state index contributed by atoms with van der Waals surface area (Å²) in [4.78, 5) is 17.6. The molecule has 0 aliphatic carbocycles. The number of hydrogen-bond donors (Lipinski definition) is 1. The third-order valence-corrected chi connectivity index (χ3v) is 7.13. The molecule has 0 saturated carbocycles. The number of nitrogens with one attached hydrogen (secondary N) is 1. The van der Waals surface area contributed by atoms with E-state index < -0.39 is 0 Å². The van der Waals surface area contributed by atoms with Gasteiger partial charge in [0.1, 0.15) is 12.4 Å². The van der Waals surface area contributed by atoms with Crippen LogP contribution in [0.25, 0.3) is 15.3 Å². The Kier molecular flexibility index (Phi) is 5.42. The number of rotatable bonds is 6. The number of carbonyl (C=O) groups excluding carboxylic acids is 1. The smallest absolute Gasteiger partial charge is 0.226 e. The molecule has 0 fully saturated rings. The van der Waals surface area contributed by atoms with Gasteiger partial charge >= 0.3 is 0 Å². The predicted molar refractivity (Wildman–Crippen MR) is 136 cm³/mol. The highest BCUT2D eigenvalue weighted by atomic mass is 32.1. The highest BCUT2D eigenvalue weighted by Gasteiger charge is 2.33. The fourth-order valence-corrected chi connectivity index (χ4v) is 5.38. The third-order valence-electron chi connectivity index (χ3n) is 6.11. The van der Waals surface area contributed by atoms with Gasteiger partial charge in [0.15, 0.2) is 11.5 Å². The van der Waals surface area contributed by atoms with Gasteiger partial charge in [0.25, 0.3) is 0 Å². The van der Waals surface area contributed by atoms with Crippen LogP contribution >= 0.6 is 11.3 Å². The first kappa shape index (κ1) is 21.4. The maximum absolute atomic E-state index is 12.9.